The third-order valence-corrected chi connectivity index (χ3v) is 4.92. The van der Waals surface area contributed by atoms with Crippen LogP contribution in [0, 0.1) is 11.6 Å². The lowest BCUT2D eigenvalue weighted by Gasteiger charge is -2.23. The molecule has 0 unspecified atom stereocenters. The van der Waals surface area contributed by atoms with Gasteiger partial charge in [0.05, 0.1) is 12.1 Å². The molecule has 0 spiro atoms. The zero-order chi connectivity index (χ0) is 21.8. The fourth-order valence-corrected chi connectivity index (χ4v) is 3.43. The minimum atomic E-state index is -0.706. The van der Waals surface area contributed by atoms with E-state index in [2.05, 4.69) is 10.3 Å². The smallest absolute Gasteiger partial charge is 0.249 e. The van der Waals surface area contributed by atoms with E-state index in [-0.39, 0.29) is 25.6 Å². The Bertz CT molecular complexity index is 1190. The van der Waals surface area contributed by atoms with Crippen LogP contribution in [0.15, 0.2) is 66.7 Å². The number of fused-ring (bicyclic) bond motifs is 1. The highest BCUT2D eigenvalue weighted by Crippen LogP contribution is 2.21. The molecule has 0 atom stereocenters. The second-order valence-corrected chi connectivity index (χ2v) is 7.13. The van der Waals surface area contributed by atoms with Crippen LogP contribution in [-0.2, 0) is 24.3 Å². The van der Waals surface area contributed by atoms with Gasteiger partial charge in [0.25, 0.3) is 0 Å². The second-order valence-electron chi connectivity index (χ2n) is 7.13. The molecule has 1 N–H and O–H groups in total. The van der Waals surface area contributed by atoms with Crippen molar-refractivity contribution in [3.05, 3.63) is 89.5 Å². The number of aliphatic hydroxyl groups excluding tert-OH is 1. The van der Waals surface area contributed by atoms with Crippen molar-refractivity contribution in [3.8, 4) is 0 Å². The molecule has 0 aliphatic rings. The summed E-state index contributed by atoms with van der Waals surface area (Å²) in [5.74, 6) is -1.72. The molecule has 1 aromatic heterocycles. The summed E-state index contributed by atoms with van der Waals surface area (Å²) in [7, 11) is 0. The zero-order valence-corrected chi connectivity index (χ0v) is 16.6. The molecule has 0 saturated heterocycles. The molecule has 3 aromatic carbocycles. The van der Waals surface area contributed by atoms with Crippen molar-refractivity contribution < 1.29 is 18.7 Å². The van der Waals surface area contributed by atoms with Crippen molar-refractivity contribution in [2.24, 2.45) is 0 Å². The molecule has 4 rings (SSSR count). The molecule has 0 aliphatic heterocycles. The van der Waals surface area contributed by atoms with E-state index in [9.17, 15) is 13.6 Å². The largest absolute Gasteiger partial charge is 0.396 e. The highest BCUT2D eigenvalue weighted by Gasteiger charge is 2.19. The second kappa shape index (κ2) is 9.01. The number of carbonyl (C=O) groups excluding carboxylic acids is 1. The number of amides is 1. The molecule has 0 saturated carbocycles. The van der Waals surface area contributed by atoms with E-state index in [0.717, 1.165) is 11.6 Å². The van der Waals surface area contributed by atoms with Crippen LogP contribution in [0.3, 0.4) is 0 Å². The minimum absolute atomic E-state index is 0.0144. The number of hydrogen-bond acceptors (Lipinski definition) is 4. The first-order valence-electron chi connectivity index (χ1n) is 9.77. The van der Waals surface area contributed by atoms with Gasteiger partial charge >= 0.3 is 0 Å². The lowest BCUT2D eigenvalue weighted by Crippen LogP contribution is -2.33. The molecule has 158 valence electrons. The van der Waals surface area contributed by atoms with E-state index in [1.54, 1.807) is 18.2 Å². The highest BCUT2D eigenvalue weighted by atomic mass is 19.1. The third-order valence-electron chi connectivity index (χ3n) is 4.92. The van der Waals surface area contributed by atoms with Gasteiger partial charge in [-0.1, -0.05) is 29.5 Å². The van der Waals surface area contributed by atoms with Gasteiger partial charge in [-0.3, -0.25) is 4.79 Å². The van der Waals surface area contributed by atoms with Gasteiger partial charge in [0.15, 0.2) is 0 Å². The summed E-state index contributed by atoms with van der Waals surface area (Å²) in [4.78, 5) is 14.7. The SMILES string of the molecule is O=C(Cn1nnc2ccccc21)N(Cc1cc(F)cc(F)c1)c1ccc(CCO)cc1. The van der Waals surface area contributed by atoms with Crippen molar-refractivity contribution >= 4 is 22.6 Å². The number of para-hydroxylation sites is 1. The molecule has 6 nitrogen and oxygen atoms in total. The van der Waals surface area contributed by atoms with Gasteiger partial charge in [-0.05, 0) is 53.9 Å². The van der Waals surface area contributed by atoms with Crippen LogP contribution in [-0.4, -0.2) is 32.6 Å². The highest BCUT2D eigenvalue weighted by molar-refractivity contribution is 5.93. The summed E-state index contributed by atoms with van der Waals surface area (Å²) >= 11 is 0. The Balaban J connectivity index is 1.65. The van der Waals surface area contributed by atoms with Crippen LogP contribution in [0.2, 0.25) is 0 Å². The van der Waals surface area contributed by atoms with Crippen molar-refractivity contribution in [2.45, 2.75) is 19.5 Å². The van der Waals surface area contributed by atoms with Crippen molar-refractivity contribution in [1.82, 2.24) is 15.0 Å². The number of hydrogen-bond donors (Lipinski definition) is 1. The Hall–Kier alpha value is -3.65. The molecule has 1 amide bonds. The normalized spacial score (nSPS) is 11.1. The summed E-state index contributed by atoms with van der Waals surface area (Å²) in [6.45, 7) is -0.0832. The van der Waals surface area contributed by atoms with Crippen LogP contribution in [0.25, 0.3) is 11.0 Å². The first kappa shape index (κ1) is 20.6. The zero-order valence-electron chi connectivity index (χ0n) is 16.6. The van der Waals surface area contributed by atoms with Crippen molar-refractivity contribution in [3.63, 3.8) is 0 Å². The first-order valence-corrected chi connectivity index (χ1v) is 9.77. The van der Waals surface area contributed by atoms with Gasteiger partial charge in [0.2, 0.25) is 5.91 Å². The Kier molecular flexibility index (Phi) is 5.99. The van der Waals surface area contributed by atoms with Crippen molar-refractivity contribution in [1.29, 1.82) is 0 Å². The fourth-order valence-electron chi connectivity index (χ4n) is 3.43. The predicted octanol–water partition coefficient (Wildman–Crippen LogP) is 3.48. The van der Waals surface area contributed by atoms with Gasteiger partial charge in [-0.2, -0.15) is 0 Å². The number of aliphatic hydroxyl groups is 1. The van der Waals surface area contributed by atoms with Crippen LogP contribution in [0.4, 0.5) is 14.5 Å². The average Bonchev–Trinajstić information content (AvgIpc) is 3.15. The molecular formula is C23H20F2N4O2. The van der Waals surface area contributed by atoms with Gasteiger partial charge < -0.3 is 10.0 Å². The maximum absolute atomic E-state index is 13.7. The van der Waals surface area contributed by atoms with E-state index in [1.165, 1.54) is 21.7 Å². The maximum atomic E-state index is 13.7. The van der Waals surface area contributed by atoms with Gasteiger partial charge in [0, 0.05) is 18.4 Å². The Morgan fingerprint density at radius 2 is 1.68 bits per heavy atom. The van der Waals surface area contributed by atoms with E-state index >= 15 is 0 Å². The number of halogens is 2. The van der Waals surface area contributed by atoms with Gasteiger partial charge in [-0.25, -0.2) is 13.5 Å². The summed E-state index contributed by atoms with van der Waals surface area (Å²) in [5.41, 5.74) is 3.19. The van der Waals surface area contributed by atoms with E-state index in [1.807, 2.05) is 30.3 Å². The standard InChI is InChI=1S/C23H20F2N4O2/c24-18-11-17(12-19(25)13-18)14-28(20-7-5-16(6-8-20)9-10-30)23(31)15-29-22-4-2-1-3-21(22)26-27-29/h1-8,11-13,30H,9-10,14-15H2. The molecule has 0 aliphatic carbocycles. The number of carbonyl (C=O) groups is 1. The third kappa shape index (κ3) is 4.75. The number of rotatable bonds is 7. The average molecular weight is 422 g/mol. The summed E-state index contributed by atoms with van der Waals surface area (Å²) in [6.07, 6.45) is 0.494. The van der Waals surface area contributed by atoms with Crippen LogP contribution in [0.5, 0.6) is 0 Å². The van der Waals surface area contributed by atoms with Gasteiger partial charge in [0.1, 0.15) is 23.7 Å². The molecule has 0 fully saturated rings. The first-order chi connectivity index (χ1) is 15.0. The lowest BCUT2D eigenvalue weighted by molar-refractivity contribution is -0.119. The Morgan fingerprint density at radius 1 is 0.968 bits per heavy atom. The Labute approximate surface area is 177 Å². The lowest BCUT2D eigenvalue weighted by atomic mass is 10.1. The number of nitrogens with zero attached hydrogens (tertiary/aromatic N) is 4. The van der Waals surface area contributed by atoms with Crippen LogP contribution in [0.1, 0.15) is 11.1 Å². The summed E-state index contributed by atoms with van der Waals surface area (Å²) in [5, 5.41) is 17.2. The van der Waals surface area contributed by atoms with E-state index < -0.39 is 11.6 Å². The number of benzene rings is 3. The van der Waals surface area contributed by atoms with E-state index in [4.69, 9.17) is 5.11 Å². The molecule has 31 heavy (non-hydrogen) atoms. The monoisotopic (exact) mass is 422 g/mol. The quantitative estimate of drug-likeness (QED) is 0.495. The topological polar surface area (TPSA) is 71.2 Å². The number of anilines is 1. The molecule has 0 radical (unpaired) electrons. The maximum Gasteiger partial charge on any atom is 0.249 e. The molecule has 0 bridgehead atoms. The minimum Gasteiger partial charge on any atom is -0.396 e. The molecular weight excluding hydrogens is 402 g/mol. The van der Waals surface area contributed by atoms with Gasteiger partial charge in [-0.15, -0.1) is 5.10 Å². The van der Waals surface area contributed by atoms with Crippen molar-refractivity contribution in [2.75, 3.05) is 11.5 Å². The molecule has 8 heteroatoms. The fraction of sp³-hybridized carbons (Fsp3) is 0.174. The Morgan fingerprint density at radius 3 is 2.39 bits per heavy atom. The predicted molar refractivity (Wildman–Crippen MR) is 112 cm³/mol. The van der Waals surface area contributed by atoms with Crippen LogP contribution < -0.4 is 4.90 Å². The number of aromatic nitrogens is 3. The summed E-state index contributed by atoms with van der Waals surface area (Å²) < 4.78 is 28.9. The summed E-state index contributed by atoms with van der Waals surface area (Å²) in [6, 6.07) is 17.6. The molecule has 4 aromatic rings. The molecule has 1 heterocycles. The van der Waals surface area contributed by atoms with E-state index in [0.29, 0.717) is 28.7 Å². The van der Waals surface area contributed by atoms with Crippen LogP contribution >= 0.6 is 0 Å².